The molecule has 38 heavy (non-hydrogen) atoms. The maximum atomic E-state index is 13.5. The summed E-state index contributed by atoms with van der Waals surface area (Å²) in [4.78, 5) is 38.9. The lowest BCUT2D eigenvalue weighted by Crippen LogP contribution is -2.42. The summed E-state index contributed by atoms with van der Waals surface area (Å²) in [6.45, 7) is 5.89. The molecule has 1 heterocycles. The average molecular weight is 523 g/mol. The standard InChI is InChI=1S/C28H31FN4O5/c1-17(2)33(27(35)20-6-4-18(3)5-7-20)25-24(38-28(36)37)16-32(31-25)23-14-12-22(13-15-23)30-26(34)19-8-10-21(29)11-9-19/h8-18,20H,4-7H2,1-3H3,(H,30,34)(H,36,37). The summed E-state index contributed by atoms with van der Waals surface area (Å²) in [7, 11) is 0. The second kappa shape index (κ2) is 11.5. The first-order valence-electron chi connectivity index (χ1n) is 12.6. The smallest absolute Gasteiger partial charge is 0.449 e. The molecule has 1 aliphatic rings. The molecule has 0 unspecified atom stereocenters. The van der Waals surface area contributed by atoms with Crippen molar-refractivity contribution in [1.82, 2.24) is 9.78 Å². The molecular weight excluding hydrogens is 491 g/mol. The molecule has 2 N–H and O–H groups in total. The van der Waals surface area contributed by atoms with Gasteiger partial charge in [-0.3, -0.25) is 14.5 Å². The van der Waals surface area contributed by atoms with E-state index in [1.807, 2.05) is 13.8 Å². The summed E-state index contributed by atoms with van der Waals surface area (Å²) >= 11 is 0. The summed E-state index contributed by atoms with van der Waals surface area (Å²) in [6.07, 6.45) is 3.42. The van der Waals surface area contributed by atoms with E-state index in [0.717, 1.165) is 25.7 Å². The predicted molar refractivity (Wildman–Crippen MR) is 140 cm³/mol. The van der Waals surface area contributed by atoms with Crippen LogP contribution in [0.2, 0.25) is 0 Å². The Balaban J connectivity index is 1.58. The molecule has 0 spiro atoms. The van der Waals surface area contributed by atoms with Crippen LogP contribution in [0.3, 0.4) is 0 Å². The van der Waals surface area contributed by atoms with Crippen molar-refractivity contribution < 1.29 is 28.6 Å². The Morgan fingerprint density at radius 2 is 1.68 bits per heavy atom. The second-order valence-corrected chi connectivity index (χ2v) is 9.90. The van der Waals surface area contributed by atoms with Gasteiger partial charge in [0.15, 0.2) is 5.75 Å². The number of benzene rings is 2. The first-order chi connectivity index (χ1) is 18.1. The van der Waals surface area contributed by atoms with Crippen molar-refractivity contribution in [2.45, 2.75) is 52.5 Å². The number of halogens is 1. The van der Waals surface area contributed by atoms with Crippen LogP contribution in [-0.4, -0.2) is 38.9 Å². The minimum Gasteiger partial charge on any atom is -0.449 e. The summed E-state index contributed by atoms with van der Waals surface area (Å²) in [5, 5.41) is 16.6. The number of aromatic nitrogens is 2. The van der Waals surface area contributed by atoms with Gasteiger partial charge in [-0.25, -0.2) is 13.9 Å². The minimum atomic E-state index is -1.51. The number of carbonyl (C=O) groups is 3. The Kier molecular flexibility index (Phi) is 8.09. The maximum absolute atomic E-state index is 13.5. The van der Waals surface area contributed by atoms with Gasteiger partial charge in [-0.05, 0) is 94.0 Å². The van der Waals surface area contributed by atoms with Crippen LogP contribution in [0.5, 0.6) is 5.75 Å². The van der Waals surface area contributed by atoms with Gasteiger partial charge in [0.05, 0.1) is 11.9 Å². The predicted octanol–water partition coefficient (Wildman–Crippen LogP) is 5.89. The number of ether oxygens (including phenoxy) is 1. The number of anilines is 2. The largest absolute Gasteiger partial charge is 0.511 e. The van der Waals surface area contributed by atoms with Gasteiger partial charge >= 0.3 is 6.16 Å². The molecule has 0 radical (unpaired) electrons. The number of carbonyl (C=O) groups excluding carboxylic acids is 2. The molecule has 0 atom stereocenters. The highest BCUT2D eigenvalue weighted by Gasteiger charge is 2.34. The fourth-order valence-electron chi connectivity index (χ4n) is 4.62. The van der Waals surface area contributed by atoms with Crippen LogP contribution in [-0.2, 0) is 4.79 Å². The van der Waals surface area contributed by atoms with E-state index in [-0.39, 0.29) is 35.3 Å². The minimum absolute atomic E-state index is 0.0441. The molecule has 4 rings (SSSR count). The van der Waals surface area contributed by atoms with Gasteiger partial charge in [-0.15, -0.1) is 5.10 Å². The molecule has 1 aromatic heterocycles. The van der Waals surface area contributed by atoms with Crippen molar-refractivity contribution in [3.05, 3.63) is 66.1 Å². The van der Waals surface area contributed by atoms with E-state index < -0.39 is 12.0 Å². The van der Waals surface area contributed by atoms with Crippen LogP contribution in [0.15, 0.2) is 54.7 Å². The summed E-state index contributed by atoms with van der Waals surface area (Å²) in [5.41, 5.74) is 1.38. The molecule has 9 nitrogen and oxygen atoms in total. The number of hydrogen-bond acceptors (Lipinski definition) is 5. The SMILES string of the molecule is CC1CCC(C(=O)N(c2nn(-c3ccc(NC(=O)c4ccc(F)cc4)cc3)cc2OC(=O)O)C(C)C)CC1. The van der Waals surface area contributed by atoms with E-state index in [4.69, 9.17) is 4.74 Å². The highest BCUT2D eigenvalue weighted by molar-refractivity contribution is 6.04. The van der Waals surface area contributed by atoms with Crippen molar-refractivity contribution in [2.75, 3.05) is 10.2 Å². The molecule has 0 saturated heterocycles. The zero-order valence-electron chi connectivity index (χ0n) is 21.6. The van der Waals surface area contributed by atoms with Crippen molar-refractivity contribution in [2.24, 2.45) is 11.8 Å². The molecule has 1 aliphatic carbocycles. The highest BCUT2D eigenvalue weighted by atomic mass is 19.1. The lowest BCUT2D eigenvalue weighted by Gasteiger charge is -2.32. The number of rotatable bonds is 7. The van der Waals surface area contributed by atoms with Crippen LogP contribution in [0.25, 0.3) is 5.69 Å². The molecule has 1 fully saturated rings. The van der Waals surface area contributed by atoms with E-state index >= 15 is 0 Å². The lowest BCUT2D eigenvalue weighted by molar-refractivity contribution is -0.124. The zero-order valence-corrected chi connectivity index (χ0v) is 21.6. The lowest BCUT2D eigenvalue weighted by atomic mass is 9.82. The molecule has 200 valence electrons. The van der Waals surface area contributed by atoms with Crippen LogP contribution in [0.4, 0.5) is 20.7 Å². The molecule has 1 saturated carbocycles. The number of nitrogens with zero attached hydrogens (tertiary/aromatic N) is 3. The van der Waals surface area contributed by atoms with Gasteiger partial charge in [0.25, 0.3) is 5.91 Å². The second-order valence-electron chi connectivity index (χ2n) is 9.90. The topological polar surface area (TPSA) is 114 Å². The normalized spacial score (nSPS) is 17.2. The van der Waals surface area contributed by atoms with Crippen LogP contribution in [0.1, 0.15) is 56.8 Å². The Morgan fingerprint density at radius 1 is 1.05 bits per heavy atom. The van der Waals surface area contributed by atoms with E-state index in [1.165, 1.54) is 40.0 Å². The Bertz CT molecular complexity index is 1300. The van der Waals surface area contributed by atoms with Crippen molar-refractivity contribution in [3.63, 3.8) is 0 Å². The van der Waals surface area contributed by atoms with Crippen molar-refractivity contribution >= 4 is 29.5 Å². The third-order valence-electron chi connectivity index (χ3n) is 6.70. The van der Waals surface area contributed by atoms with E-state index in [9.17, 15) is 23.9 Å². The molecule has 2 aromatic carbocycles. The van der Waals surface area contributed by atoms with Gasteiger partial charge in [0.2, 0.25) is 11.7 Å². The van der Waals surface area contributed by atoms with Gasteiger partial charge in [-0.2, -0.15) is 0 Å². The monoisotopic (exact) mass is 522 g/mol. The third-order valence-corrected chi connectivity index (χ3v) is 6.70. The third kappa shape index (κ3) is 6.19. The molecule has 2 amide bonds. The molecule has 10 heteroatoms. The van der Waals surface area contributed by atoms with Gasteiger partial charge in [-0.1, -0.05) is 6.92 Å². The summed E-state index contributed by atoms with van der Waals surface area (Å²) in [6, 6.07) is 11.6. The van der Waals surface area contributed by atoms with Crippen LogP contribution >= 0.6 is 0 Å². The molecule has 3 aromatic rings. The highest BCUT2D eigenvalue weighted by Crippen LogP contribution is 2.35. The molecular formula is C28H31FN4O5. The Hall–Kier alpha value is -4.21. The molecule has 0 bridgehead atoms. The number of carboxylic acid groups (broad SMARTS) is 1. The van der Waals surface area contributed by atoms with E-state index in [1.54, 1.807) is 24.3 Å². The van der Waals surface area contributed by atoms with Crippen LogP contribution in [0, 0.1) is 17.7 Å². The number of hydrogen-bond donors (Lipinski definition) is 2. The zero-order chi connectivity index (χ0) is 27.4. The van der Waals surface area contributed by atoms with Crippen molar-refractivity contribution in [1.29, 1.82) is 0 Å². The summed E-state index contributed by atoms with van der Waals surface area (Å²) in [5.74, 6) is -0.384. The fraction of sp³-hybridized carbons (Fsp3) is 0.357. The van der Waals surface area contributed by atoms with Gasteiger partial charge < -0.3 is 15.2 Å². The quantitative estimate of drug-likeness (QED) is 0.374. The van der Waals surface area contributed by atoms with Gasteiger partial charge in [0, 0.05) is 23.2 Å². The maximum Gasteiger partial charge on any atom is 0.511 e. The number of amides is 2. The number of nitrogens with one attached hydrogen (secondary N) is 1. The summed E-state index contributed by atoms with van der Waals surface area (Å²) < 4.78 is 19.6. The average Bonchev–Trinajstić information content (AvgIpc) is 3.27. The van der Waals surface area contributed by atoms with Crippen molar-refractivity contribution in [3.8, 4) is 11.4 Å². The Morgan fingerprint density at radius 3 is 2.26 bits per heavy atom. The Labute approximate surface area is 220 Å². The first kappa shape index (κ1) is 26.8. The fourth-order valence-corrected chi connectivity index (χ4v) is 4.62. The van der Waals surface area contributed by atoms with Gasteiger partial charge in [0.1, 0.15) is 5.82 Å². The van der Waals surface area contributed by atoms with Crippen LogP contribution < -0.4 is 15.0 Å². The first-order valence-corrected chi connectivity index (χ1v) is 12.6. The van der Waals surface area contributed by atoms with E-state index in [2.05, 4.69) is 17.3 Å². The molecule has 0 aliphatic heterocycles. The van der Waals surface area contributed by atoms with E-state index in [0.29, 0.717) is 22.9 Å².